The van der Waals surface area contributed by atoms with Gasteiger partial charge in [-0.3, -0.25) is 4.79 Å². The van der Waals surface area contributed by atoms with Gasteiger partial charge in [0.25, 0.3) is 5.91 Å². The van der Waals surface area contributed by atoms with Crippen molar-refractivity contribution < 1.29 is 14.1 Å². The van der Waals surface area contributed by atoms with E-state index >= 15 is 0 Å². The van der Waals surface area contributed by atoms with E-state index < -0.39 is 0 Å². The molecule has 0 atom stereocenters. The lowest BCUT2D eigenvalue weighted by atomic mass is 10.1. The second kappa shape index (κ2) is 8.92. The number of carbonyl (C=O) groups excluding carboxylic acids is 1. The Morgan fingerprint density at radius 2 is 1.97 bits per heavy atom. The van der Waals surface area contributed by atoms with Crippen LogP contribution in [0.5, 0.6) is 11.6 Å². The molecule has 2 heterocycles. The maximum Gasteiger partial charge on any atom is 0.261 e. The van der Waals surface area contributed by atoms with E-state index in [0.717, 1.165) is 5.56 Å². The second-order valence-electron chi connectivity index (χ2n) is 6.94. The van der Waals surface area contributed by atoms with Gasteiger partial charge >= 0.3 is 0 Å². The van der Waals surface area contributed by atoms with Crippen LogP contribution in [0.15, 0.2) is 65.3 Å². The zero-order chi connectivity index (χ0) is 22.7. The number of nitrogens with zero attached hydrogens (tertiary/aromatic N) is 3. The van der Waals surface area contributed by atoms with E-state index in [9.17, 15) is 10.1 Å². The molecule has 0 fully saturated rings. The van der Waals surface area contributed by atoms with Crippen LogP contribution < -0.4 is 10.1 Å². The van der Waals surface area contributed by atoms with Crippen molar-refractivity contribution in [3.05, 3.63) is 88.3 Å². The molecule has 0 aliphatic rings. The van der Waals surface area contributed by atoms with Crippen molar-refractivity contribution in [1.82, 2.24) is 10.1 Å². The number of benzene rings is 2. The number of aromatic nitrogens is 2. The Kier molecular flexibility index (Phi) is 5.88. The third kappa shape index (κ3) is 4.17. The molecule has 32 heavy (non-hydrogen) atoms. The van der Waals surface area contributed by atoms with Crippen LogP contribution in [-0.4, -0.2) is 16.0 Å². The summed E-state index contributed by atoms with van der Waals surface area (Å²) in [7, 11) is 0. The van der Waals surface area contributed by atoms with Gasteiger partial charge in [-0.2, -0.15) is 5.26 Å². The molecule has 0 saturated carbocycles. The summed E-state index contributed by atoms with van der Waals surface area (Å²) in [5, 5.41) is 16.6. The van der Waals surface area contributed by atoms with Gasteiger partial charge in [-0.05, 0) is 55.8 Å². The fourth-order valence-corrected chi connectivity index (χ4v) is 3.40. The van der Waals surface area contributed by atoms with Crippen molar-refractivity contribution in [3.63, 3.8) is 0 Å². The first-order chi connectivity index (χ1) is 15.5. The fourth-order valence-electron chi connectivity index (χ4n) is 3.17. The minimum Gasteiger partial charge on any atom is -0.438 e. The van der Waals surface area contributed by atoms with Gasteiger partial charge in [0.05, 0.1) is 5.02 Å². The maximum absolute atomic E-state index is 13.1. The average Bonchev–Trinajstić information content (AvgIpc) is 3.17. The number of pyridine rings is 1. The van der Waals surface area contributed by atoms with Gasteiger partial charge in [0.1, 0.15) is 34.4 Å². The zero-order valence-electron chi connectivity index (χ0n) is 17.2. The number of aryl methyl sites for hydroxylation is 2. The van der Waals surface area contributed by atoms with Crippen molar-refractivity contribution >= 4 is 23.2 Å². The summed E-state index contributed by atoms with van der Waals surface area (Å²) in [5.74, 6) is 0.727. The molecule has 0 aliphatic carbocycles. The molecule has 0 spiro atoms. The van der Waals surface area contributed by atoms with Crippen LogP contribution in [0.1, 0.15) is 27.2 Å². The lowest BCUT2D eigenvalue weighted by Gasteiger charge is -2.12. The van der Waals surface area contributed by atoms with Crippen LogP contribution in [0.3, 0.4) is 0 Å². The summed E-state index contributed by atoms with van der Waals surface area (Å²) in [6.07, 6.45) is 1.55. The number of rotatable bonds is 5. The van der Waals surface area contributed by atoms with Crippen LogP contribution in [0, 0.1) is 25.2 Å². The molecule has 8 heteroatoms. The molecule has 1 amide bonds. The van der Waals surface area contributed by atoms with Gasteiger partial charge in [0.15, 0.2) is 0 Å². The first-order valence-corrected chi connectivity index (χ1v) is 10.0. The van der Waals surface area contributed by atoms with E-state index in [2.05, 4.69) is 15.5 Å². The van der Waals surface area contributed by atoms with Crippen LogP contribution in [0.2, 0.25) is 5.02 Å². The maximum atomic E-state index is 13.1. The Labute approximate surface area is 189 Å². The highest BCUT2D eigenvalue weighted by Gasteiger charge is 2.23. The van der Waals surface area contributed by atoms with Gasteiger partial charge in [-0.25, -0.2) is 4.98 Å². The largest absolute Gasteiger partial charge is 0.438 e. The molecule has 0 aliphatic heterocycles. The SMILES string of the molecule is Cc1cc(Oc2ncccc2C#N)ccc1NC(=O)c1c(-c2ccccc2Cl)noc1C. The number of carbonyl (C=O) groups is 1. The number of amides is 1. The molecule has 0 bridgehead atoms. The van der Waals surface area contributed by atoms with E-state index in [-0.39, 0.29) is 11.8 Å². The molecule has 0 unspecified atom stereocenters. The molecule has 2 aromatic carbocycles. The molecule has 1 N–H and O–H groups in total. The van der Waals surface area contributed by atoms with Crippen molar-refractivity contribution in [2.45, 2.75) is 13.8 Å². The third-order valence-corrected chi connectivity index (χ3v) is 5.10. The first-order valence-electron chi connectivity index (χ1n) is 9.64. The Morgan fingerprint density at radius 3 is 2.72 bits per heavy atom. The molecule has 0 saturated heterocycles. The van der Waals surface area contributed by atoms with Gasteiger partial charge in [-0.1, -0.05) is 35.0 Å². The molecule has 7 nitrogen and oxygen atoms in total. The number of nitriles is 1. The number of anilines is 1. The third-order valence-electron chi connectivity index (χ3n) is 4.77. The van der Waals surface area contributed by atoms with E-state index in [4.69, 9.17) is 20.9 Å². The van der Waals surface area contributed by atoms with E-state index in [1.807, 2.05) is 19.1 Å². The van der Waals surface area contributed by atoms with Crippen molar-refractivity contribution in [1.29, 1.82) is 5.26 Å². The number of hydrogen-bond donors (Lipinski definition) is 1. The number of hydrogen-bond acceptors (Lipinski definition) is 6. The first kappa shape index (κ1) is 21.1. The summed E-state index contributed by atoms with van der Waals surface area (Å²) in [4.78, 5) is 17.2. The number of ether oxygens (including phenoxy) is 1. The Bertz CT molecular complexity index is 1360. The van der Waals surface area contributed by atoms with Crippen LogP contribution in [0.25, 0.3) is 11.3 Å². The summed E-state index contributed by atoms with van der Waals surface area (Å²) in [5.41, 5.74) is 2.98. The van der Waals surface area contributed by atoms with Crippen LogP contribution in [-0.2, 0) is 0 Å². The van der Waals surface area contributed by atoms with E-state index in [1.165, 1.54) is 0 Å². The van der Waals surface area contributed by atoms with Gasteiger partial charge in [0.2, 0.25) is 5.88 Å². The molecular formula is C24H17ClN4O3. The van der Waals surface area contributed by atoms with Gasteiger partial charge in [0, 0.05) is 17.4 Å². The zero-order valence-corrected chi connectivity index (χ0v) is 18.0. The van der Waals surface area contributed by atoms with Crippen LogP contribution in [0.4, 0.5) is 5.69 Å². The van der Waals surface area contributed by atoms with Crippen molar-refractivity contribution in [2.75, 3.05) is 5.32 Å². The van der Waals surface area contributed by atoms with Gasteiger partial charge in [-0.15, -0.1) is 0 Å². The predicted octanol–water partition coefficient (Wildman–Crippen LogP) is 5.92. The highest BCUT2D eigenvalue weighted by Crippen LogP contribution is 2.32. The second-order valence-corrected chi connectivity index (χ2v) is 7.35. The minimum absolute atomic E-state index is 0.218. The predicted molar refractivity (Wildman–Crippen MR) is 120 cm³/mol. The summed E-state index contributed by atoms with van der Waals surface area (Å²) < 4.78 is 11.0. The lowest BCUT2D eigenvalue weighted by Crippen LogP contribution is -2.14. The highest BCUT2D eigenvalue weighted by molar-refractivity contribution is 6.33. The number of nitrogens with one attached hydrogen (secondary N) is 1. The van der Waals surface area contributed by atoms with Gasteiger partial charge < -0.3 is 14.6 Å². The quantitative estimate of drug-likeness (QED) is 0.409. The Balaban J connectivity index is 1.58. The smallest absolute Gasteiger partial charge is 0.261 e. The van der Waals surface area contributed by atoms with Crippen molar-refractivity contribution in [2.24, 2.45) is 0 Å². The molecule has 0 radical (unpaired) electrons. The number of halogens is 1. The van der Waals surface area contributed by atoms with Crippen LogP contribution >= 0.6 is 11.6 Å². The molecule has 4 rings (SSSR count). The minimum atomic E-state index is -0.369. The average molecular weight is 445 g/mol. The fraction of sp³-hybridized carbons (Fsp3) is 0.0833. The lowest BCUT2D eigenvalue weighted by molar-refractivity contribution is 0.102. The highest BCUT2D eigenvalue weighted by atomic mass is 35.5. The topological polar surface area (TPSA) is 101 Å². The summed E-state index contributed by atoms with van der Waals surface area (Å²) >= 11 is 6.28. The Hall–Kier alpha value is -4.15. The standard InChI is InChI=1S/C24H17ClN4O3/c1-14-12-17(31-24-16(13-26)6-5-11-27-24)9-10-20(14)28-23(30)21-15(2)32-29-22(21)18-7-3-4-8-19(18)25/h3-12H,1-2H3,(H,28,30). The monoisotopic (exact) mass is 444 g/mol. The normalized spacial score (nSPS) is 10.4. The van der Waals surface area contributed by atoms with E-state index in [1.54, 1.807) is 61.7 Å². The molecular weight excluding hydrogens is 428 g/mol. The van der Waals surface area contributed by atoms with Crippen molar-refractivity contribution in [3.8, 4) is 29.0 Å². The molecule has 4 aromatic rings. The Morgan fingerprint density at radius 1 is 1.16 bits per heavy atom. The summed E-state index contributed by atoms with van der Waals surface area (Å²) in [6.45, 7) is 3.51. The molecule has 2 aromatic heterocycles. The summed E-state index contributed by atoms with van der Waals surface area (Å²) in [6, 6.07) is 17.6. The molecule has 158 valence electrons. The van der Waals surface area contributed by atoms with E-state index in [0.29, 0.717) is 44.6 Å².